The van der Waals surface area contributed by atoms with Crippen LogP contribution in [0.4, 0.5) is 5.69 Å². The van der Waals surface area contributed by atoms with Gasteiger partial charge in [0, 0.05) is 43.3 Å². The van der Waals surface area contributed by atoms with E-state index in [2.05, 4.69) is 33.3 Å². The second-order valence-corrected chi connectivity index (χ2v) is 11.9. The van der Waals surface area contributed by atoms with Crippen LogP contribution < -0.4 is 4.90 Å². The summed E-state index contributed by atoms with van der Waals surface area (Å²) < 4.78 is 6.18. The van der Waals surface area contributed by atoms with Crippen molar-refractivity contribution in [3.8, 4) is 10.6 Å². The maximum Gasteiger partial charge on any atom is 0.149 e. The lowest BCUT2D eigenvalue weighted by molar-refractivity contribution is -0.111. The normalized spacial score (nSPS) is 25.9. The van der Waals surface area contributed by atoms with Crippen molar-refractivity contribution in [2.24, 2.45) is 11.8 Å². The Morgan fingerprint density at radius 3 is 2.44 bits per heavy atom. The third kappa shape index (κ3) is 4.91. The topological polar surface area (TPSA) is 55.3 Å². The molecule has 7 heteroatoms. The van der Waals surface area contributed by atoms with Gasteiger partial charge in [-0.1, -0.05) is 42.2 Å². The average molecular weight is 502 g/mol. The molecule has 1 aromatic carbocycles. The van der Waals surface area contributed by atoms with E-state index < -0.39 is 0 Å². The highest BCUT2D eigenvalue weighted by atomic mass is 35.5. The Balaban J connectivity index is 1.24. The van der Waals surface area contributed by atoms with E-state index in [0.29, 0.717) is 11.8 Å². The van der Waals surface area contributed by atoms with E-state index in [1.165, 1.54) is 37.8 Å². The van der Waals surface area contributed by atoms with Crippen LogP contribution in [-0.2, 0) is 9.53 Å². The van der Waals surface area contributed by atoms with Gasteiger partial charge < -0.3 is 14.4 Å². The molecule has 2 saturated carbocycles. The summed E-state index contributed by atoms with van der Waals surface area (Å²) in [5, 5.41) is 11.7. The predicted molar refractivity (Wildman–Crippen MR) is 139 cm³/mol. The first kappa shape index (κ1) is 24.2. The summed E-state index contributed by atoms with van der Waals surface area (Å²) in [5.74, 6) is 1.34. The van der Waals surface area contributed by atoms with Crippen LogP contribution in [0.2, 0.25) is 5.02 Å². The van der Waals surface area contributed by atoms with Crippen molar-refractivity contribution < 1.29 is 9.53 Å². The molecule has 0 amide bonds. The van der Waals surface area contributed by atoms with Gasteiger partial charge in [0.25, 0.3) is 0 Å². The first-order valence-corrected chi connectivity index (χ1v) is 14.2. The van der Waals surface area contributed by atoms with Gasteiger partial charge in [-0.25, -0.2) is 0 Å². The van der Waals surface area contributed by atoms with Gasteiger partial charge >= 0.3 is 0 Å². The highest BCUT2D eigenvalue weighted by molar-refractivity contribution is 7.14. The lowest BCUT2D eigenvalue weighted by Gasteiger charge is -2.47. The average Bonchev–Trinajstić information content (AvgIpc) is 3.39. The smallest absolute Gasteiger partial charge is 0.149 e. The van der Waals surface area contributed by atoms with E-state index in [-0.39, 0.29) is 11.5 Å². The number of nitrogens with zero attached hydrogens (tertiary/aromatic N) is 3. The zero-order chi connectivity index (χ0) is 23.5. The van der Waals surface area contributed by atoms with Gasteiger partial charge in [0.1, 0.15) is 16.3 Å². The van der Waals surface area contributed by atoms with E-state index >= 15 is 0 Å². The SMILES string of the molecule is COC1(C2CCCCC2)CCN(c2ccc(-c3nnc(C4CCC(C=O)CC4)s3)c(Cl)c2)CC1. The molecule has 2 aliphatic carbocycles. The molecule has 5 nitrogen and oxygen atoms in total. The lowest BCUT2D eigenvalue weighted by Crippen LogP contribution is -2.50. The van der Waals surface area contributed by atoms with Crippen LogP contribution in [0.25, 0.3) is 10.6 Å². The Kier molecular flexibility index (Phi) is 7.57. The minimum absolute atomic E-state index is 0.0501. The molecule has 3 aliphatic rings. The van der Waals surface area contributed by atoms with Crippen molar-refractivity contribution in [1.82, 2.24) is 10.2 Å². The van der Waals surface area contributed by atoms with Crippen LogP contribution in [0.5, 0.6) is 0 Å². The Hall–Kier alpha value is -1.50. The summed E-state index contributed by atoms with van der Waals surface area (Å²) in [5.41, 5.74) is 2.19. The number of ether oxygens (including phenoxy) is 1. The molecule has 1 saturated heterocycles. The maximum absolute atomic E-state index is 11.0. The molecule has 0 atom stereocenters. The molecule has 0 radical (unpaired) electrons. The summed E-state index contributed by atoms with van der Waals surface area (Å²) in [4.78, 5) is 13.5. The van der Waals surface area contributed by atoms with Crippen molar-refractivity contribution in [2.45, 2.75) is 82.1 Å². The molecule has 0 unspecified atom stereocenters. The van der Waals surface area contributed by atoms with Crippen molar-refractivity contribution >= 4 is 34.9 Å². The van der Waals surface area contributed by atoms with Crippen LogP contribution >= 0.6 is 22.9 Å². The molecular weight excluding hydrogens is 466 g/mol. The number of rotatable bonds is 6. The quantitative estimate of drug-likeness (QED) is 0.403. The summed E-state index contributed by atoms with van der Waals surface area (Å²) >= 11 is 8.42. The molecule has 5 rings (SSSR count). The summed E-state index contributed by atoms with van der Waals surface area (Å²) in [6.07, 6.45) is 13.9. The van der Waals surface area contributed by atoms with Gasteiger partial charge in [0.05, 0.1) is 10.6 Å². The molecule has 3 fully saturated rings. The van der Waals surface area contributed by atoms with Crippen LogP contribution in [0.3, 0.4) is 0 Å². The summed E-state index contributed by atoms with van der Waals surface area (Å²) in [7, 11) is 1.92. The fourth-order valence-electron chi connectivity index (χ4n) is 6.44. The number of hydrogen-bond donors (Lipinski definition) is 0. The summed E-state index contributed by atoms with van der Waals surface area (Å²) in [6.45, 7) is 2.01. The zero-order valence-electron chi connectivity index (χ0n) is 20.2. The van der Waals surface area contributed by atoms with E-state index in [9.17, 15) is 4.79 Å². The maximum atomic E-state index is 11.0. The van der Waals surface area contributed by atoms with Crippen molar-refractivity contribution in [2.75, 3.05) is 25.1 Å². The molecule has 1 aromatic heterocycles. The third-order valence-corrected chi connectivity index (χ3v) is 10.1. The van der Waals surface area contributed by atoms with Crippen molar-refractivity contribution in [3.63, 3.8) is 0 Å². The number of hydrogen-bond acceptors (Lipinski definition) is 6. The van der Waals surface area contributed by atoms with Crippen LogP contribution in [-0.4, -0.2) is 42.3 Å². The second kappa shape index (κ2) is 10.6. The van der Waals surface area contributed by atoms with Crippen molar-refractivity contribution in [1.29, 1.82) is 0 Å². The van der Waals surface area contributed by atoms with Gasteiger partial charge in [-0.05, 0) is 75.5 Å². The fourth-order valence-corrected chi connectivity index (χ4v) is 7.81. The predicted octanol–water partition coefficient (Wildman–Crippen LogP) is 6.90. The van der Waals surface area contributed by atoms with Crippen LogP contribution in [0, 0.1) is 11.8 Å². The van der Waals surface area contributed by atoms with Crippen molar-refractivity contribution in [3.05, 3.63) is 28.2 Å². The molecule has 0 N–H and O–H groups in total. The molecule has 2 aromatic rings. The van der Waals surface area contributed by atoms with E-state index in [0.717, 1.165) is 78.5 Å². The van der Waals surface area contributed by atoms with E-state index in [4.69, 9.17) is 16.3 Å². The monoisotopic (exact) mass is 501 g/mol. The van der Waals surface area contributed by atoms with E-state index in [1.807, 2.05) is 7.11 Å². The number of methoxy groups -OCH3 is 1. The van der Waals surface area contributed by atoms with Gasteiger partial charge in [-0.3, -0.25) is 0 Å². The second-order valence-electron chi connectivity index (χ2n) is 10.4. The lowest BCUT2D eigenvalue weighted by atomic mass is 9.72. The minimum atomic E-state index is 0.0501. The van der Waals surface area contributed by atoms with Gasteiger partial charge in [-0.15, -0.1) is 10.2 Å². The number of piperidine rings is 1. The Morgan fingerprint density at radius 1 is 1.06 bits per heavy atom. The third-order valence-electron chi connectivity index (χ3n) is 8.67. The van der Waals surface area contributed by atoms with Gasteiger partial charge in [0.15, 0.2) is 0 Å². The number of carbonyl (C=O) groups is 1. The largest absolute Gasteiger partial charge is 0.378 e. The number of carbonyl (C=O) groups excluding carboxylic acids is 1. The number of benzene rings is 1. The molecule has 2 heterocycles. The zero-order valence-corrected chi connectivity index (χ0v) is 21.8. The number of aromatic nitrogens is 2. The molecule has 34 heavy (non-hydrogen) atoms. The fraction of sp³-hybridized carbons (Fsp3) is 0.667. The molecule has 1 aliphatic heterocycles. The first-order valence-electron chi connectivity index (χ1n) is 13.0. The first-order chi connectivity index (χ1) is 16.6. The Bertz CT molecular complexity index is 974. The molecule has 184 valence electrons. The highest BCUT2D eigenvalue weighted by Gasteiger charge is 2.42. The Morgan fingerprint density at radius 2 is 1.79 bits per heavy atom. The van der Waals surface area contributed by atoms with Crippen LogP contribution in [0.1, 0.15) is 81.6 Å². The number of aldehydes is 1. The van der Waals surface area contributed by atoms with Gasteiger partial charge in [0.2, 0.25) is 0 Å². The number of halogens is 1. The molecule has 0 bridgehead atoms. The molecule has 0 spiro atoms. The number of anilines is 1. The Labute approximate surface area is 212 Å². The molecular formula is C27H36ClN3O2S. The summed E-state index contributed by atoms with van der Waals surface area (Å²) in [6, 6.07) is 6.37. The highest BCUT2D eigenvalue weighted by Crippen LogP contribution is 2.43. The standard InChI is InChI=1S/C27H36ClN3O2S/c1-33-27(21-5-3-2-4-6-21)13-15-31(16-14-27)22-11-12-23(24(28)17-22)26-30-29-25(34-26)20-9-7-19(18-32)8-10-20/h11-12,17-21H,2-10,13-16H2,1H3. The van der Waals surface area contributed by atoms with Gasteiger partial charge in [-0.2, -0.15) is 0 Å². The van der Waals surface area contributed by atoms with Crippen LogP contribution in [0.15, 0.2) is 18.2 Å². The van der Waals surface area contributed by atoms with E-state index in [1.54, 1.807) is 11.3 Å². The minimum Gasteiger partial charge on any atom is -0.378 e.